The molecule has 4 rings (SSSR count). The number of nitrogens with two attached hydrogens (primary N) is 1. The van der Waals surface area contributed by atoms with Crippen molar-refractivity contribution in [3.05, 3.63) is 83.4 Å². The minimum Gasteiger partial charge on any atom is -0.468 e. The number of nitrogens with one attached hydrogen (secondary N) is 1. The fourth-order valence-electron chi connectivity index (χ4n) is 4.05. The number of thiazole rings is 1. The number of anilines is 1. The van der Waals surface area contributed by atoms with Crippen molar-refractivity contribution in [1.82, 2.24) is 4.98 Å². The minimum atomic E-state index is -3.93. The van der Waals surface area contributed by atoms with Crippen molar-refractivity contribution in [2.24, 2.45) is 5.73 Å². The lowest BCUT2D eigenvalue weighted by Gasteiger charge is -2.14. The predicted octanol–water partition coefficient (Wildman–Crippen LogP) is 4.77. The first kappa shape index (κ1) is 27.4. The van der Waals surface area contributed by atoms with Crippen LogP contribution in [0.3, 0.4) is 0 Å². The number of fused-ring (bicyclic) bond motifs is 1. The second kappa shape index (κ2) is 11.8. The molecule has 1 amide bonds. The van der Waals surface area contributed by atoms with Crippen LogP contribution in [0.15, 0.2) is 76.5 Å². The number of aryl methyl sites for hydroxylation is 1. The molecule has 3 N–H and O–H groups in total. The fourth-order valence-corrected chi connectivity index (χ4v) is 6.47. The first-order valence-electron chi connectivity index (χ1n) is 12.2. The standard InChI is InChI=1S/C28H29N3O5S2/c1-3-4-7-18-10-15-23-24(16-18)37-28(30-23)31-26(32)19-11-13-21(14-12-19)38(34,35)25-9-6-5-8-20(25)17-22(29)27(33)36-2/h5-6,8-16,22H,3-4,7,17,29H2,1-2H3,(H,30,31,32). The molecule has 0 saturated carbocycles. The van der Waals surface area contributed by atoms with Gasteiger partial charge in [-0.15, -0.1) is 0 Å². The molecule has 10 heteroatoms. The monoisotopic (exact) mass is 551 g/mol. The molecule has 0 aliphatic carbocycles. The summed E-state index contributed by atoms with van der Waals surface area (Å²) in [5, 5.41) is 3.29. The number of hydrogen-bond acceptors (Lipinski definition) is 8. The Hall–Kier alpha value is -3.60. The highest BCUT2D eigenvalue weighted by Crippen LogP contribution is 2.29. The number of sulfone groups is 1. The largest absolute Gasteiger partial charge is 0.468 e. The summed E-state index contributed by atoms with van der Waals surface area (Å²) in [6.07, 6.45) is 3.25. The predicted molar refractivity (Wildman–Crippen MR) is 148 cm³/mol. The van der Waals surface area contributed by atoms with Crippen LogP contribution in [0, 0.1) is 0 Å². The molecule has 0 fully saturated rings. The summed E-state index contributed by atoms with van der Waals surface area (Å²) in [5.41, 5.74) is 8.62. The number of methoxy groups -OCH3 is 1. The highest BCUT2D eigenvalue weighted by Gasteiger charge is 2.24. The molecule has 3 aromatic carbocycles. The van der Waals surface area contributed by atoms with Gasteiger partial charge < -0.3 is 10.5 Å². The van der Waals surface area contributed by atoms with E-state index in [2.05, 4.69) is 34.1 Å². The SMILES string of the molecule is CCCCc1ccc2nc(NC(=O)c3ccc(S(=O)(=O)c4ccccc4CC(N)C(=O)OC)cc3)sc2c1. The van der Waals surface area contributed by atoms with Gasteiger partial charge in [0.1, 0.15) is 6.04 Å². The Morgan fingerprint density at radius 1 is 1.08 bits per heavy atom. The van der Waals surface area contributed by atoms with Crippen LogP contribution in [0.25, 0.3) is 10.2 Å². The van der Waals surface area contributed by atoms with Crippen molar-refractivity contribution in [2.75, 3.05) is 12.4 Å². The maximum atomic E-state index is 13.4. The quantitative estimate of drug-likeness (QED) is 0.272. The van der Waals surface area contributed by atoms with Gasteiger partial charge in [0.2, 0.25) is 9.84 Å². The smallest absolute Gasteiger partial charge is 0.322 e. The zero-order valence-electron chi connectivity index (χ0n) is 21.1. The molecule has 0 bridgehead atoms. The first-order chi connectivity index (χ1) is 18.2. The van der Waals surface area contributed by atoms with Crippen molar-refractivity contribution in [2.45, 2.75) is 48.4 Å². The molecule has 0 spiro atoms. The Bertz CT molecular complexity index is 1560. The first-order valence-corrected chi connectivity index (χ1v) is 14.5. The van der Waals surface area contributed by atoms with Crippen molar-refractivity contribution in [1.29, 1.82) is 0 Å². The third-order valence-corrected chi connectivity index (χ3v) is 8.93. The van der Waals surface area contributed by atoms with Crippen molar-refractivity contribution < 1.29 is 22.7 Å². The summed E-state index contributed by atoms with van der Waals surface area (Å²) >= 11 is 1.40. The molecule has 0 saturated heterocycles. The Morgan fingerprint density at radius 2 is 1.82 bits per heavy atom. The number of amides is 1. The van der Waals surface area contributed by atoms with Gasteiger partial charge in [-0.3, -0.25) is 14.9 Å². The maximum absolute atomic E-state index is 13.4. The maximum Gasteiger partial charge on any atom is 0.322 e. The second-order valence-corrected chi connectivity index (χ2v) is 11.8. The van der Waals surface area contributed by atoms with Crippen LogP contribution in [0.2, 0.25) is 0 Å². The van der Waals surface area contributed by atoms with Gasteiger partial charge in [-0.25, -0.2) is 13.4 Å². The molecule has 0 aliphatic heterocycles. The fraction of sp³-hybridized carbons (Fsp3) is 0.250. The molecule has 8 nitrogen and oxygen atoms in total. The van der Waals surface area contributed by atoms with Gasteiger partial charge in [0, 0.05) is 5.56 Å². The molecule has 1 unspecified atom stereocenters. The topological polar surface area (TPSA) is 128 Å². The van der Waals surface area contributed by atoms with Crippen LogP contribution in [0.5, 0.6) is 0 Å². The highest BCUT2D eigenvalue weighted by atomic mass is 32.2. The van der Waals surface area contributed by atoms with Crippen molar-refractivity contribution in [3.8, 4) is 0 Å². The number of hydrogen-bond donors (Lipinski definition) is 2. The molecule has 1 heterocycles. The van der Waals surface area contributed by atoms with Gasteiger partial charge in [0.25, 0.3) is 5.91 Å². The van der Waals surface area contributed by atoms with Gasteiger partial charge in [0.05, 0.1) is 27.1 Å². The number of nitrogens with zero attached hydrogens (tertiary/aromatic N) is 1. The van der Waals surface area contributed by atoms with Gasteiger partial charge in [-0.2, -0.15) is 0 Å². The van der Waals surface area contributed by atoms with Crippen molar-refractivity contribution >= 4 is 48.4 Å². The third-order valence-electron chi connectivity index (χ3n) is 6.13. The molecule has 198 valence electrons. The third kappa shape index (κ3) is 6.09. The lowest BCUT2D eigenvalue weighted by molar-refractivity contribution is -0.142. The average Bonchev–Trinajstić information content (AvgIpc) is 3.33. The van der Waals surface area contributed by atoms with E-state index in [1.165, 1.54) is 54.3 Å². The molecular formula is C28H29N3O5S2. The number of rotatable bonds is 10. The van der Waals surface area contributed by atoms with E-state index in [-0.39, 0.29) is 22.1 Å². The van der Waals surface area contributed by atoms with Crippen LogP contribution in [0.1, 0.15) is 41.3 Å². The second-order valence-electron chi connectivity index (χ2n) is 8.85. The zero-order chi connectivity index (χ0) is 27.3. The summed E-state index contributed by atoms with van der Waals surface area (Å²) in [6, 6.07) is 17.2. The van der Waals surface area contributed by atoms with Crippen LogP contribution >= 0.6 is 11.3 Å². The lowest BCUT2D eigenvalue weighted by Crippen LogP contribution is -2.34. The normalized spacial score (nSPS) is 12.3. The van der Waals surface area contributed by atoms with E-state index in [1.54, 1.807) is 18.2 Å². The lowest BCUT2D eigenvalue weighted by atomic mass is 10.1. The summed E-state index contributed by atoms with van der Waals surface area (Å²) in [6.45, 7) is 2.16. The van der Waals surface area contributed by atoms with E-state index >= 15 is 0 Å². The zero-order valence-corrected chi connectivity index (χ0v) is 22.8. The number of carbonyl (C=O) groups is 2. The Labute approximate surface area is 225 Å². The highest BCUT2D eigenvalue weighted by molar-refractivity contribution is 7.91. The van der Waals surface area contributed by atoms with Gasteiger partial charge in [0.15, 0.2) is 5.13 Å². The van der Waals surface area contributed by atoms with Crippen molar-refractivity contribution in [3.63, 3.8) is 0 Å². The number of esters is 1. The summed E-state index contributed by atoms with van der Waals surface area (Å²) in [7, 11) is -2.70. The Morgan fingerprint density at radius 3 is 2.53 bits per heavy atom. The summed E-state index contributed by atoms with van der Waals surface area (Å²) < 4.78 is 32.4. The number of aromatic nitrogens is 1. The van der Waals surface area contributed by atoms with Crippen LogP contribution < -0.4 is 11.1 Å². The van der Waals surface area contributed by atoms with E-state index in [9.17, 15) is 18.0 Å². The molecule has 4 aromatic rings. The van der Waals surface area contributed by atoms with Gasteiger partial charge >= 0.3 is 5.97 Å². The van der Waals surface area contributed by atoms with E-state index in [0.29, 0.717) is 16.3 Å². The number of carbonyl (C=O) groups excluding carboxylic acids is 2. The number of ether oxygens (including phenoxy) is 1. The molecule has 1 atom stereocenters. The Kier molecular flexibility index (Phi) is 8.55. The molecule has 0 aliphatic rings. The molecule has 1 aromatic heterocycles. The number of unbranched alkanes of at least 4 members (excludes halogenated alkanes) is 1. The molecule has 38 heavy (non-hydrogen) atoms. The van der Waals surface area contributed by atoms with Gasteiger partial charge in [-0.1, -0.05) is 48.9 Å². The van der Waals surface area contributed by atoms with E-state index in [0.717, 1.165) is 29.5 Å². The van der Waals surface area contributed by atoms with Crippen LogP contribution in [0.4, 0.5) is 5.13 Å². The van der Waals surface area contributed by atoms with E-state index < -0.39 is 21.8 Å². The van der Waals surface area contributed by atoms with Crippen LogP contribution in [-0.2, 0) is 32.2 Å². The van der Waals surface area contributed by atoms with Gasteiger partial charge in [-0.05, 0) is 72.9 Å². The molecular weight excluding hydrogens is 522 g/mol. The summed E-state index contributed by atoms with van der Waals surface area (Å²) in [4.78, 5) is 29.2. The number of benzene rings is 3. The molecule has 0 radical (unpaired) electrons. The summed E-state index contributed by atoms with van der Waals surface area (Å²) in [5.74, 6) is -1.01. The van der Waals surface area contributed by atoms with Crippen LogP contribution in [-0.4, -0.2) is 38.4 Å². The minimum absolute atomic E-state index is 0.00479. The Balaban J connectivity index is 1.51. The van der Waals surface area contributed by atoms with E-state index in [4.69, 9.17) is 5.73 Å². The average molecular weight is 552 g/mol. The van der Waals surface area contributed by atoms with E-state index in [1.807, 2.05) is 6.07 Å².